The first-order valence-corrected chi connectivity index (χ1v) is 13.3. The molecule has 0 unspecified atom stereocenters. The molecular formula is C26H30Cl2N6O5. The molecule has 13 heteroatoms. The van der Waals surface area contributed by atoms with Gasteiger partial charge in [-0.25, -0.2) is 4.98 Å². The van der Waals surface area contributed by atoms with Crippen LogP contribution in [-0.2, 0) is 16.1 Å². The Hall–Kier alpha value is -3.12. The number of benzene rings is 1. The van der Waals surface area contributed by atoms with E-state index in [9.17, 15) is 9.59 Å². The first-order chi connectivity index (χ1) is 18.7. The van der Waals surface area contributed by atoms with E-state index in [1.165, 1.54) is 14.2 Å². The molecule has 3 atom stereocenters. The van der Waals surface area contributed by atoms with E-state index >= 15 is 0 Å². The van der Waals surface area contributed by atoms with Gasteiger partial charge in [0.1, 0.15) is 17.1 Å². The Balaban J connectivity index is 1.67. The Morgan fingerprint density at radius 3 is 2.51 bits per heavy atom. The van der Waals surface area contributed by atoms with Gasteiger partial charge in [-0.2, -0.15) is 4.98 Å². The number of amides is 1. The van der Waals surface area contributed by atoms with Gasteiger partial charge in [0.25, 0.3) is 5.56 Å². The molecule has 1 amide bonds. The van der Waals surface area contributed by atoms with Gasteiger partial charge < -0.3 is 30.2 Å². The van der Waals surface area contributed by atoms with E-state index in [0.29, 0.717) is 66.9 Å². The molecule has 5 rings (SSSR count). The number of nitrogens with zero attached hydrogens (tertiary/aromatic N) is 4. The number of nitrogens with one attached hydrogen (secondary N) is 1. The average molecular weight is 577 g/mol. The Morgan fingerprint density at radius 1 is 1.21 bits per heavy atom. The molecule has 2 aromatic heterocycles. The lowest BCUT2D eigenvalue weighted by Gasteiger charge is -2.20. The zero-order valence-corrected chi connectivity index (χ0v) is 23.4. The summed E-state index contributed by atoms with van der Waals surface area (Å²) >= 11 is 13.4. The van der Waals surface area contributed by atoms with Crippen molar-refractivity contribution >= 4 is 46.1 Å². The number of nitrogens with two attached hydrogens (primary N) is 1. The van der Waals surface area contributed by atoms with Crippen LogP contribution in [0.15, 0.2) is 23.1 Å². The predicted octanol–water partition coefficient (Wildman–Crippen LogP) is 2.79. The van der Waals surface area contributed by atoms with Crippen molar-refractivity contribution in [3.05, 3.63) is 38.7 Å². The van der Waals surface area contributed by atoms with Gasteiger partial charge in [0.15, 0.2) is 0 Å². The van der Waals surface area contributed by atoms with Gasteiger partial charge in [0.2, 0.25) is 11.9 Å². The molecule has 2 aliphatic rings. The van der Waals surface area contributed by atoms with E-state index in [0.717, 1.165) is 6.42 Å². The van der Waals surface area contributed by atoms with Crippen molar-refractivity contribution < 1.29 is 19.0 Å². The van der Waals surface area contributed by atoms with Crippen molar-refractivity contribution in [1.82, 2.24) is 19.4 Å². The molecule has 0 radical (unpaired) electrons. The summed E-state index contributed by atoms with van der Waals surface area (Å²) in [7, 11) is 2.95. The molecule has 11 nitrogen and oxygen atoms in total. The Morgan fingerprint density at radius 2 is 1.92 bits per heavy atom. The smallest absolute Gasteiger partial charge is 0.260 e. The lowest BCUT2D eigenvalue weighted by atomic mass is 10.0. The highest BCUT2D eigenvalue weighted by molar-refractivity contribution is 6.41. The fourth-order valence-electron chi connectivity index (χ4n) is 5.11. The number of halogens is 2. The van der Waals surface area contributed by atoms with Crippen LogP contribution in [0.4, 0.5) is 5.95 Å². The van der Waals surface area contributed by atoms with Gasteiger partial charge in [-0.3, -0.25) is 14.2 Å². The molecule has 0 saturated carbocycles. The van der Waals surface area contributed by atoms with Crippen molar-refractivity contribution in [2.45, 2.75) is 32.0 Å². The number of rotatable bonds is 7. The van der Waals surface area contributed by atoms with Crippen LogP contribution >= 0.6 is 23.2 Å². The molecule has 2 saturated heterocycles. The highest BCUT2D eigenvalue weighted by atomic mass is 35.5. The van der Waals surface area contributed by atoms with Gasteiger partial charge in [-0.05, 0) is 18.4 Å². The topological polar surface area (TPSA) is 134 Å². The number of anilines is 1. The number of pyridine rings is 1. The standard InChI is InChI=1S/C26H30Cl2N6O5/c1-13(35)33-5-4-14(9-33)10-34-24-15(8-30-26(32-24)31-18-12-39-11-17(18)29)6-16(25(34)36)21-22(27)19(37-2)7-20(38-3)23(21)28/h6-8,14,17-18H,4-5,9-12,29H2,1-3H3,(H,30,31,32)/t14-,17+,18-/m1/s1. The summed E-state index contributed by atoms with van der Waals surface area (Å²) < 4.78 is 17.9. The van der Waals surface area contributed by atoms with Crippen LogP contribution in [0.3, 0.4) is 0 Å². The van der Waals surface area contributed by atoms with E-state index in [1.807, 2.05) is 0 Å². The number of methoxy groups -OCH3 is 2. The third kappa shape index (κ3) is 5.23. The summed E-state index contributed by atoms with van der Waals surface area (Å²) in [6.07, 6.45) is 2.40. The normalized spacial score (nSPS) is 21.0. The monoisotopic (exact) mass is 576 g/mol. The second-order valence-corrected chi connectivity index (χ2v) is 10.6. The molecule has 2 fully saturated rings. The molecule has 1 aromatic carbocycles. The van der Waals surface area contributed by atoms with Crippen molar-refractivity contribution in [2.24, 2.45) is 11.7 Å². The van der Waals surface area contributed by atoms with E-state index in [1.54, 1.807) is 34.7 Å². The van der Waals surface area contributed by atoms with Crippen molar-refractivity contribution in [3.63, 3.8) is 0 Å². The van der Waals surface area contributed by atoms with Gasteiger partial charge >= 0.3 is 0 Å². The molecule has 39 heavy (non-hydrogen) atoms. The molecule has 4 heterocycles. The maximum atomic E-state index is 14.2. The van der Waals surface area contributed by atoms with Crippen LogP contribution in [0, 0.1) is 5.92 Å². The summed E-state index contributed by atoms with van der Waals surface area (Å²) in [5.74, 6) is 1.04. The van der Waals surface area contributed by atoms with Crippen LogP contribution in [0.1, 0.15) is 13.3 Å². The summed E-state index contributed by atoms with van der Waals surface area (Å²) in [6.45, 7) is 3.95. The average Bonchev–Trinajstić information content (AvgIpc) is 3.56. The van der Waals surface area contributed by atoms with Crippen molar-refractivity contribution in [3.8, 4) is 22.6 Å². The highest BCUT2D eigenvalue weighted by Gasteiger charge is 2.29. The SMILES string of the molecule is COc1cc(OC)c(Cl)c(-c2cc3cnc(N[C@@H]4COC[C@@H]4N)nc3n(C[C@@H]3CCN(C(C)=O)C3)c2=O)c1Cl. The maximum absolute atomic E-state index is 14.2. The molecule has 2 aliphatic heterocycles. The van der Waals surface area contributed by atoms with Gasteiger partial charge in [-0.1, -0.05) is 23.2 Å². The second-order valence-electron chi connectivity index (χ2n) is 9.80. The minimum absolute atomic E-state index is 0.00873. The summed E-state index contributed by atoms with van der Waals surface area (Å²) in [5.41, 5.74) is 6.78. The van der Waals surface area contributed by atoms with E-state index in [-0.39, 0.29) is 45.1 Å². The first-order valence-electron chi connectivity index (χ1n) is 12.6. The Kier molecular flexibility index (Phi) is 7.86. The highest BCUT2D eigenvalue weighted by Crippen LogP contribution is 2.45. The minimum Gasteiger partial charge on any atom is -0.495 e. The zero-order chi connectivity index (χ0) is 27.8. The number of hydrogen-bond donors (Lipinski definition) is 2. The fraction of sp³-hybridized carbons (Fsp3) is 0.462. The van der Waals surface area contributed by atoms with Crippen LogP contribution in [0.5, 0.6) is 11.5 Å². The summed E-state index contributed by atoms with van der Waals surface area (Å²) in [4.78, 5) is 37.1. The predicted molar refractivity (Wildman–Crippen MR) is 149 cm³/mol. The van der Waals surface area contributed by atoms with E-state index < -0.39 is 0 Å². The minimum atomic E-state index is -0.339. The lowest BCUT2D eigenvalue weighted by Crippen LogP contribution is -2.39. The number of likely N-dealkylation sites (tertiary alicyclic amines) is 1. The number of carbonyl (C=O) groups excluding carboxylic acids is 1. The molecule has 3 aromatic rings. The van der Waals surface area contributed by atoms with Gasteiger partial charge in [0.05, 0.1) is 55.1 Å². The number of fused-ring (bicyclic) bond motifs is 1. The molecule has 0 aliphatic carbocycles. The molecule has 3 N–H and O–H groups in total. The molecule has 208 valence electrons. The third-order valence-electron chi connectivity index (χ3n) is 7.28. The van der Waals surface area contributed by atoms with Crippen molar-refractivity contribution in [2.75, 3.05) is 45.8 Å². The van der Waals surface area contributed by atoms with Gasteiger partial charge in [0, 0.05) is 49.8 Å². The van der Waals surface area contributed by atoms with Crippen LogP contribution in [0.25, 0.3) is 22.2 Å². The fourth-order valence-corrected chi connectivity index (χ4v) is 5.81. The number of aromatic nitrogens is 3. The number of ether oxygens (including phenoxy) is 3. The van der Waals surface area contributed by atoms with E-state index in [2.05, 4.69) is 10.3 Å². The third-order valence-corrected chi connectivity index (χ3v) is 8.03. The largest absolute Gasteiger partial charge is 0.495 e. The van der Waals surface area contributed by atoms with Crippen LogP contribution in [0.2, 0.25) is 10.0 Å². The number of hydrogen-bond acceptors (Lipinski definition) is 9. The maximum Gasteiger partial charge on any atom is 0.260 e. The lowest BCUT2D eigenvalue weighted by molar-refractivity contribution is -0.127. The summed E-state index contributed by atoms with van der Waals surface area (Å²) in [5, 5.41) is 4.20. The zero-order valence-electron chi connectivity index (χ0n) is 21.9. The Labute approximate surface area is 235 Å². The number of carbonyl (C=O) groups is 1. The Bertz CT molecular complexity index is 1450. The van der Waals surface area contributed by atoms with Crippen LogP contribution in [-0.4, -0.2) is 77.9 Å². The first kappa shape index (κ1) is 27.4. The quantitative estimate of drug-likeness (QED) is 0.435. The molecule has 0 spiro atoms. The van der Waals surface area contributed by atoms with Gasteiger partial charge in [-0.15, -0.1) is 0 Å². The van der Waals surface area contributed by atoms with Crippen molar-refractivity contribution in [1.29, 1.82) is 0 Å². The molecular weight excluding hydrogens is 547 g/mol. The second kappa shape index (κ2) is 11.2. The summed E-state index contributed by atoms with van der Waals surface area (Å²) in [6, 6.07) is 2.89. The van der Waals surface area contributed by atoms with E-state index in [4.69, 9.17) is 48.1 Å². The van der Waals surface area contributed by atoms with Crippen LogP contribution < -0.4 is 26.1 Å². The molecule has 0 bridgehead atoms.